The van der Waals surface area contributed by atoms with Crippen molar-refractivity contribution in [3.63, 3.8) is 0 Å². The Morgan fingerprint density at radius 2 is 1.83 bits per heavy atom. The Morgan fingerprint density at radius 1 is 1.09 bits per heavy atom. The fraction of sp³-hybridized carbons (Fsp3) is 0.133. The van der Waals surface area contributed by atoms with Crippen molar-refractivity contribution in [3.8, 4) is 0 Å². The van der Waals surface area contributed by atoms with Gasteiger partial charge in [-0.3, -0.25) is 14.9 Å². The molecule has 0 aromatic heterocycles. The second-order valence-corrected chi connectivity index (χ2v) is 4.58. The number of rotatable bonds is 6. The first-order valence-corrected chi connectivity index (χ1v) is 6.69. The van der Waals surface area contributed by atoms with Crippen LogP contribution >= 0.6 is 0 Å². The van der Waals surface area contributed by atoms with E-state index in [1.807, 2.05) is 0 Å². The Bertz CT molecular complexity index is 738. The summed E-state index contributed by atoms with van der Waals surface area (Å²) >= 11 is 0. The van der Waals surface area contributed by atoms with Crippen LogP contribution in [0.25, 0.3) is 0 Å². The molecule has 0 spiro atoms. The molecule has 0 radical (unpaired) electrons. The van der Waals surface area contributed by atoms with Crippen molar-refractivity contribution in [3.05, 3.63) is 69.8 Å². The van der Waals surface area contributed by atoms with Crippen molar-refractivity contribution < 1.29 is 18.5 Å². The fourth-order valence-corrected chi connectivity index (χ4v) is 1.87. The highest BCUT2D eigenvalue weighted by Crippen LogP contribution is 2.20. The first kappa shape index (κ1) is 16.3. The van der Waals surface area contributed by atoms with Crippen LogP contribution in [0.4, 0.5) is 20.2 Å². The quantitative estimate of drug-likeness (QED) is 0.487. The van der Waals surface area contributed by atoms with Crippen molar-refractivity contribution in [1.82, 2.24) is 5.32 Å². The minimum absolute atomic E-state index is 0.0750. The molecule has 2 N–H and O–H groups in total. The summed E-state index contributed by atoms with van der Waals surface area (Å²) in [5, 5.41) is 15.7. The van der Waals surface area contributed by atoms with E-state index in [2.05, 4.69) is 10.6 Å². The largest absolute Gasteiger partial charge is 0.381 e. The number of halogens is 2. The van der Waals surface area contributed by atoms with Crippen molar-refractivity contribution in [1.29, 1.82) is 0 Å². The number of non-ortho nitro benzene ring substituents is 1. The van der Waals surface area contributed by atoms with E-state index in [4.69, 9.17) is 0 Å². The van der Waals surface area contributed by atoms with Gasteiger partial charge < -0.3 is 10.6 Å². The van der Waals surface area contributed by atoms with Gasteiger partial charge in [-0.1, -0.05) is 12.1 Å². The van der Waals surface area contributed by atoms with Gasteiger partial charge in [-0.15, -0.1) is 0 Å². The third kappa shape index (κ3) is 4.22. The highest BCUT2D eigenvalue weighted by atomic mass is 19.1. The van der Waals surface area contributed by atoms with E-state index in [1.165, 1.54) is 30.3 Å². The van der Waals surface area contributed by atoms with Gasteiger partial charge in [0.2, 0.25) is 0 Å². The summed E-state index contributed by atoms with van der Waals surface area (Å²) in [6.07, 6.45) is 0. The Hall–Kier alpha value is -3.03. The highest BCUT2D eigenvalue weighted by Gasteiger charge is 2.11. The summed E-state index contributed by atoms with van der Waals surface area (Å²) in [5.74, 6) is -1.96. The van der Waals surface area contributed by atoms with Crippen LogP contribution in [0.3, 0.4) is 0 Å². The molecular formula is C15H13F2N3O3. The lowest BCUT2D eigenvalue weighted by Crippen LogP contribution is -2.29. The molecule has 0 bridgehead atoms. The molecule has 0 saturated heterocycles. The summed E-state index contributed by atoms with van der Waals surface area (Å²) in [6, 6.07) is 8.77. The van der Waals surface area contributed by atoms with Crippen LogP contribution in [0.1, 0.15) is 10.4 Å². The standard InChI is InChI=1S/C15H13F2N3O3/c16-12-4-2-1-3-11(12)15(21)19-8-7-18-14-6-5-10(20(22)23)9-13(14)17/h1-6,9,18H,7-8H2,(H,19,21). The minimum Gasteiger partial charge on any atom is -0.381 e. The van der Waals surface area contributed by atoms with Crippen LogP contribution in [-0.2, 0) is 0 Å². The van der Waals surface area contributed by atoms with Gasteiger partial charge in [0, 0.05) is 19.2 Å². The molecule has 6 nitrogen and oxygen atoms in total. The zero-order valence-electron chi connectivity index (χ0n) is 11.9. The lowest BCUT2D eigenvalue weighted by atomic mass is 10.2. The molecule has 0 aliphatic carbocycles. The van der Waals surface area contributed by atoms with E-state index in [-0.39, 0.29) is 30.0 Å². The second kappa shape index (κ2) is 7.30. The average molecular weight is 321 g/mol. The number of hydrogen-bond donors (Lipinski definition) is 2. The van der Waals surface area contributed by atoms with Gasteiger partial charge in [0.1, 0.15) is 5.82 Å². The number of amides is 1. The first-order chi connectivity index (χ1) is 11.0. The molecule has 1 amide bonds. The van der Waals surface area contributed by atoms with Gasteiger partial charge in [-0.25, -0.2) is 8.78 Å². The summed E-state index contributed by atoms with van der Waals surface area (Å²) in [4.78, 5) is 21.5. The lowest BCUT2D eigenvalue weighted by molar-refractivity contribution is -0.385. The number of benzene rings is 2. The topological polar surface area (TPSA) is 84.3 Å². The molecule has 0 aliphatic heterocycles. The lowest BCUT2D eigenvalue weighted by Gasteiger charge is -2.09. The predicted molar refractivity (Wildman–Crippen MR) is 80.3 cm³/mol. The zero-order chi connectivity index (χ0) is 16.8. The van der Waals surface area contributed by atoms with Crippen LogP contribution in [0, 0.1) is 21.7 Å². The number of nitrogens with one attached hydrogen (secondary N) is 2. The molecule has 2 aromatic carbocycles. The molecule has 0 atom stereocenters. The van der Waals surface area contributed by atoms with Crippen molar-refractivity contribution >= 4 is 17.3 Å². The van der Waals surface area contributed by atoms with E-state index in [9.17, 15) is 23.7 Å². The van der Waals surface area contributed by atoms with Crippen LogP contribution in [-0.4, -0.2) is 23.9 Å². The third-order valence-corrected chi connectivity index (χ3v) is 3.01. The molecule has 8 heteroatoms. The molecule has 2 aromatic rings. The van der Waals surface area contributed by atoms with Gasteiger partial charge in [0.15, 0.2) is 5.82 Å². The SMILES string of the molecule is O=C(NCCNc1ccc([N+](=O)[O-])cc1F)c1ccccc1F. The van der Waals surface area contributed by atoms with Gasteiger partial charge in [-0.05, 0) is 18.2 Å². The molecule has 0 fully saturated rings. The van der Waals surface area contributed by atoms with Crippen molar-refractivity contribution in [2.45, 2.75) is 0 Å². The summed E-state index contributed by atoms with van der Waals surface area (Å²) in [6.45, 7) is 0.304. The summed E-state index contributed by atoms with van der Waals surface area (Å²) in [7, 11) is 0. The van der Waals surface area contributed by atoms with Crippen LogP contribution in [0.5, 0.6) is 0 Å². The zero-order valence-corrected chi connectivity index (χ0v) is 11.9. The maximum absolute atomic E-state index is 13.6. The monoisotopic (exact) mass is 321 g/mol. The maximum atomic E-state index is 13.6. The summed E-state index contributed by atoms with van der Waals surface area (Å²) in [5.41, 5.74) is -0.342. The Balaban J connectivity index is 1.85. The number of anilines is 1. The average Bonchev–Trinajstić information content (AvgIpc) is 2.52. The van der Waals surface area contributed by atoms with Gasteiger partial charge in [-0.2, -0.15) is 0 Å². The first-order valence-electron chi connectivity index (χ1n) is 6.69. The van der Waals surface area contributed by atoms with E-state index in [1.54, 1.807) is 6.07 Å². The molecule has 23 heavy (non-hydrogen) atoms. The molecule has 0 heterocycles. The Morgan fingerprint density at radius 3 is 2.48 bits per heavy atom. The van der Waals surface area contributed by atoms with Crippen molar-refractivity contribution in [2.75, 3.05) is 18.4 Å². The number of nitro groups is 1. The Kier molecular flexibility index (Phi) is 5.19. The molecule has 0 saturated carbocycles. The number of carbonyl (C=O) groups is 1. The van der Waals surface area contributed by atoms with E-state index < -0.39 is 22.5 Å². The number of hydrogen-bond acceptors (Lipinski definition) is 4. The molecule has 0 aliphatic rings. The smallest absolute Gasteiger partial charge is 0.272 e. The number of nitrogens with zero attached hydrogens (tertiary/aromatic N) is 1. The molecular weight excluding hydrogens is 308 g/mol. The van der Waals surface area contributed by atoms with Gasteiger partial charge in [0.25, 0.3) is 11.6 Å². The van der Waals surface area contributed by atoms with Crippen molar-refractivity contribution in [2.24, 2.45) is 0 Å². The fourth-order valence-electron chi connectivity index (χ4n) is 1.87. The summed E-state index contributed by atoms with van der Waals surface area (Å²) < 4.78 is 27.0. The Labute approximate surface area is 130 Å². The third-order valence-electron chi connectivity index (χ3n) is 3.01. The van der Waals surface area contributed by atoms with Gasteiger partial charge in [0.05, 0.1) is 22.2 Å². The molecule has 120 valence electrons. The van der Waals surface area contributed by atoms with Crippen LogP contribution in [0.15, 0.2) is 42.5 Å². The van der Waals surface area contributed by atoms with E-state index >= 15 is 0 Å². The van der Waals surface area contributed by atoms with Crippen LogP contribution < -0.4 is 10.6 Å². The number of nitro benzene ring substituents is 1. The minimum atomic E-state index is -0.764. The maximum Gasteiger partial charge on any atom is 0.272 e. The van der Waals surface area contributed by atoms with E-state index in [0.29, 0.717) is 0 Å². The second-order valence-electron chi connectivity index (χ2n) is 4.58. The highest BCUT2D eigenvalue weighted by molar-refractivity contribution is 5.94. The van der Waals surface area contributed by atoms with E-state index in [0.717, 1.165) is 6.07 Å². The normalized spacial score (nSPS) is 10.2. The van der Waals surface area contributed by atoms with Crippen LogP contribution in [0.2, 0.25) is 0 Å². The predicted octanol–water partition coefficient (Wildman–Crippen LogP) is 2.71. The number of carbonyl (C=O) groups excluding carboxylic acids is 1. The van der Waals surface area contributed by atoms with Gasteiger partial charge >= 0.3 is 0 Å². The molecule has 2 rings (SSSR count). The molecule has 0 unspecified atom stereocenters.